The second kappa shape index (κ2) is 6.90. The molecule has 2 rings (SSSR count). The molecule has 0 saturated heterocycles. The first-order valence-electron chi connectivity index (χ1n) is 8.26. The van der Waals surface area contributed by atoms with Gasteiger partial charge in [-0.3, -0.25) is 4.79 Å². The largest absolute Gasteiger partial charge is 0.388 e. The summed E-state index contributed by atoms with van der Waals surface area (Å²) in [7, 11) is 0. The molecule has 1 amide bonds. The lowest BCUT2D eigenvalue weighted by atomic mass is 9.79. The molecule has 4 nitrogen and oxygen atoms in total. The molecular weight excluding hydrogens is 252 g/mol. The monoisotopic (exact) mass is 282 g/mol. The van der Waals surface area contributed by atoms with Crippen LogP contribution in [0.5, 0.6) is 0 Å². The van der Waals surface area contributed by atoms with Gasteiger partial charge in [0.15, 0.2) is 0 Å². The topological polar surface area (TPSA) is 75.3 Å². The molecular formula is C16H30N2O2. The molecule has 0 aliphatic heterocycles. The first-order chi connectivity index (χ1) is 9.50. The minimum Gasteiger partial charge on any atom is -0.388 e. The van der Waals surface area contributed by atoms with Gasteiger partial charge >= 0.3 is 0 Å². The quantitative estimate of drug-likeness (QED) is 0.693. The smallest absolute Gasteiger partial charge is 0.224 e. The number of carbonyl (C=O) groups is 1. The SMILES string of the molecule is CC1CCC(O)(CNC(=O)C2CCCCCC2N)CC1. The Balaban J connectivity index is 1.81. The van der Waals surface area contributed by atoms with Crippen LogP contribution in [-0.2, 0) is 4.79 Å². The van der Waals surface area contributed by atoms with Gasteiger partial charge in [0, 0.05) is 12.6 Å². The Hall–Kier alpha value is -0.610. The van der Waals surface area contributed by atoms with Gasteiger partial charge in [0.25, 0.3) is 0 Å². The summed E-state index contributed by atoms with van der Waals surface area (Å²) in [5.41, 5.74) is 5.42. The highest BCUT2D eigenvalue weighted by molar-refractivity contribution is 5.79. The standard InChI is InChI=1S/C16H30N2O2/c1-12-7-9-16(20,10-8-12)11-18-15(19)13-5-3-2-4-6-14(13)17/h12-14,20H,2-11,17H2,1H3,(H,18,19). The second-order valence-corrected chi connectivity index (χ2v) is 7.03. The van der Waals surface area contributed by atoms with Crippen molar-refractivity contribution in [2.24, 2.45) is 17.6 Å². The third-order valence-corrected chi connectivity index (χ3v) is 5.20. The summed E-state index contributed by atoms with van der Waals surface area (Å²) in [5, 5.41) is 13.5. The lowest BCUT2D eigenvalue weighted by Crippen LogP contribution is -2.49. The Kier molecular flexibility index (Phi) is 5.44. The Morgan fingerprint density at radius 2 is 1.85 bits per heavy atom. The zero-order chi connectivity index (χ0) is 14.6. The number of amides is 1. The Bertz CT molecular complexity index is 324. The number of nitrogens with two attached hydrogens (primary N) is 1. The normalized spacial score (nSPS) is 39.0. The van der Waals surface area contributed by atoms with Crippen LogP contribution in [0.4, 0.5) is 0 Å². The molecule has 2 aliphatic carbocycles. The maximum Gasteiger partial charge on any atom is 0.224 e. The number of nitrogens with one attached hydrogen (secondary N) is 1. The molecule has 4 heteroatoms. The fourth-order valence-corrected chi connectivity index (χ4v) is 3.52. The zero-order valence-electron chi connectivity index (χ0n) is 12.7. The summed E-state index contributed by atoms with van der Waals surface area (Å²) < 4.78 is 0. The lowest BCUT2D eigenvalue weighted by molar-refractivity contribution is -0.127. The molecule has 4 N–H and O–H groups in total. The van der Waals surface area contributed by atoms with Gasteiger partial charge in [0.05, 0.1) is 11.5 Å². The number of hydrogen-bond acceptors (Lipinski definition) is 3. The van der Waals surface area contributed by atoms with Crippen molar-refractivity contribution in [2.45, 2.75) is 76.4 Å². The first kappa shape index (κ1) is 15.8. The average Bonchev–Trinajstić information content (AvgIpc) is 2.65. The van der Waals surface area contributed by atoms with E-state index in [2.05, 4.69) is 12.2 Å². The van der Waals surface area contributed by atoms with Crippen LogP contribution in [0, 0.1) is 11.8 Å². The molecule has 2 aliphatic rings. The fraction of sp³-hybridized carbons (Fsp3) is 0.938. The van der Waals surface area contributed by atoms with Gasteiger partial charge < -0.3 is 16.2 Å². The Morgan fingerprint density at radius 3 is 2.55 bits per heavy atom. The van der Waals surface area contributed by atoms with E-state index in [1.807, 2.05) is 0 Å². The van der Waals surface area contributed by atoms with Crippen LogP contribution in [0.2, 0.25) is 0 Å². The molecule has 0 bridgehead atoms. The summed E-state index contributed by atoms with van der Waals surface area (Å²) >= 11 is 0. The summed E-state index contributed by atoms with van der Waals surface area (Å²) in [6.07, 6.45) is 8.93. The Morgan fingerprint density at radius 1 is 1.20 bits per heavy atom. The minimum absolute atomic E-state index is 0.0153. The maximum atomic E-state index is 12.3. The van der Waals surface area contributed by atoms with Crippen LogP contribution in [0.15, 0.2) is 0 Å². The van der Waals surface area contributed by atoms with Crippen molar-refractivity contribution < 1.29 is 9.90 Å². The van der Waals surface area contributed by atoms with E-state index >= 15 is 0 Å². The van der Waals surface area contributed by atoms with E-state index in [1.54, 1.807) is 0 Å². The molecule has 2 atom stereocenters. The van der Waals surface area contributed by atoms with Crippen molar-refractivity contribution in [3.8, 4) is 0 Å². The predicted molar refractivity (Wildman–Crippen MR) is 80.1 cm³/mol. The van der Waals surface area contributed by atoms with Gasteiger partial charge in [-0.15, -0.1) is 0 Å². The minimum atomic E-state index is -0.697. The van der Waals surface area contributed by atoms with Crippen molar-refractivity contribution in [3.63, 3.8) is 0 Å². The van der Waals surface area contributed by atoms with Crippen molar-refractivity contribution in [2.75, 3.05) is 6.54 Å². The maximum absolute atomic E-state index is 12.3. The van der Waals surface area contributed by atoms with Crippen LogP contribution in [0.25, 0.3) is 0 Å². The zero-order valence-corrected chi connectivity index (χ0v) is 12.7. The third kappa shape index (κ3) is 4.19. The van der Waals surface area contributed by atoms with E-state index < -0.39 is 5.60 Å². The number of carbonyl (C=O) groups excluding carboxylic acids is 1. The summed E-state index contributed by atoms with van der Waals surface area (Å²) in [4.78, 5) is 12.3. The van der Waals surface area contributed by atoms with E-state index in [9.17, 15) is 9.90 Å². The summed E-state index contributed by atoms with van der Waals surface area (Å²) in [6, 6.07) is -0.0153. The molecule has 2 fully saturated rings. The van der Waals surface area contributed by atoms with Crippen LogP contribution in [0.1, 0.15) is 64.7 Å². The lowest BCUT2D eigenvalue weighted by Gasteiger charge is -2.35. The molecule has 20 heavy (non-hydrogen) atoms. The van der Waals surface area contributed by atoms with Gasteiger partial charge in [-0.05, 0) is 44.4 Å². The Labute approximate surface area is 122 Å². The van der Waals surface area contributed by atoms with Gasteiger partial charge in [-0.2, -0.15) is 0 Å². The molecule has 0 aromatic carbocycles. The van der Waals surface area contributed by atoms with Crippen LogP contribution >= 0.6 is 0 Å². The fourth-order valence-electron chi connectivity index (χ4n) is 3.52. The molecule has 0 spiro atoms. The van der Waals surface area contributed by atoms with E-state index in [0.717, 1.165) is 51.4 Å². The van der Waals surface area contributed by atoms with E-state index in [0.29, 0.717) is 12.5 Å². The molecule has 0 aromatic heterocycles. The molecule has 0 radical (unpaired) electrons. The van der Waals surface area contributed by atoms with Crippen LogP contribution in [-0.4, -0.2) is 29.2 Å². The van der Waals surface area contributed by atoms with Crippen molar-refractivity contribution >= 4 is 5.91 Å². The van der Waals surface area contributed by atoms with Crippen molar-refractivity contribution in [3.05, 3.63) is 0 Å². The van der Waals surface area contributed by atoms with E-state index in [4.69, 9.17) is 5.73 Å². The number of aliphatic hydroxyl groups is 1. The third-order valence-electron chi connectivity index (χ3n) is 5.20. The molecule has 0 aromatic rings. The van der Waals surface area contributed by atoms with Crippen LogP contribution < -0.4 is 11.1 Å². The van der Waals surface area contributed by atoms with E-state index in [-0.39, 0.29) is 17.9 Å². The second-order valence-electron chi connectivity index (χ2n) is 7.03. The first-order valence-corrected chi connectivity index (χ1v) is 8.26. The van der Waals surface area contributed by atoms with Gasteiger partial charge in [-0.1, -0.05) is 26.2 Å². The molecule has 2 saturated carbocycles. The summed E-state index contributed by atoms with van der Waals surface area (Å²) in [6.45, 7) is 2.62. The van der Waals surface area contributed by atoms with Gasteiger partial charge in [-0.25, -0.2) is 0 Å². The van der Waals surface area contributed by atoms with Gasteiger partial charge in [0.2, 0.25) is 5.91 Å². The predicted octanol–water partition coefficient (Wildman–Crippen LogP) is 1.95. The van der Waals surface area contributed by atoms with Gasteiger partial charge in [0.1, 0.15) is 0 Å². The van der Waals surface area contributed by atoms with E-state index in [1.165, 1.54) is 6.42 Å². The highest BCUT2D eigenvalue weighted by atomic mass is 16.3. The van der Waals surface area contributed by atoms with Crippen LogP contribution in [0.3, 0.4) is 0 Å². The van der Waals surface area contributed by atoms with Crippen molar-refractivity contribution in [1.29, 1.82) is 0 Å². The summed E-state index contributed by atoms with van der Waals surface area (Å²) in [5.74, 6) is 0.677. The highest BCUT2D eigenvalue weighted by Gasteiger charge is 2.34. The average molecular weight is 282 g/mol. The van der Waals surface area contributed by atoms with Crippen molar-refractivity contribution in [1.82, 2.24) is 5.32 Å². The molecule has 116 valence electrons. The molecule has 0 heterocycles. The highest BCUT2D eigenvalue weighted by Crippen LogP contribution is 2.31. The molecule has 2 unspecified atom stereocenters. The number of hydrogen-bond donors (Lipinski definition) is 3. The number of rotatable bonds is 3.